The number of ether oxygens (including phenoxy) is 3. The van der Waals surface area contributed by atoms with Crippen LogP contribution in [-0.4, -0.2) is 31.4 Å². The summed E-state index contributed by atoms with van der Waals surface area (Å²) < 4.78 is 16.1. The van der Waals surface area contributed by atoms with Gasteiger partial charge in [0.2, 0.25) is 11.8 Å². The van der Waals surface area contributed by atoms with E-state index in [1.54, 1.807) is 25.1 Å². The summed E-state index contributed by atoms with van der Waals surface area (Å²) in [6.07, 6.45) is 1.29. The number of Topliss-reactive ketones (excluding diaryl/α,β-unsaturated/α-hetero) is 1. The monoisotopic (exact) mass is 384 g/mol. The number of nitrogens with two attached hydrogens (primary N) is 1. The van der Waals surface area contributed by atoms with Gasteiger partial charge in [0.15, 0.2) is 5.78 Å². The van der Waals surface area contributed by atoms with Crippen LogP contribution >= 0.6 is 0 Å². The van der Waals surface area contributed by atoms with Gasteiger partial charge in [-0.05, 0) is 31.5 Å². The Bertz CT molecular complexity index is 977. The van der Waals surface area contributed by atoms with Crippen molar-refractivity contribution in [2.24, 2.45) is 5.73 Å². The highest BCUT2D eigenvalue weighted by Gasteiger charge is 2.61. The molecule has 0 fully saturated rings. The molecule has 8 heteroatoms. The molecule has 146 valence electrons. The minimum absolute atomic E-state index is 0.0815. The van der Waals surface area contributed by atoms with Crippen LogP contribution in [0.4, 0.5) is 5.69 Å². The molecule has 1 amide bonds. The number of nitrogens with one attached hydrogen (secondary N) is 1. The summed E-state index contributed by atoms with van der Waals surface area (Å²) in [6, 6.07) is 4.99. The molecular formula is C20H20N2O6. The van der Waals surface area contributed by atoms with Crippen LogP contribution in [0.15, 0.2) is 41.0 Å². The molecule has 8 nitrogen and oxygen atoms in total. The maximum absolute atomic E-state index is 13.4. The second-order valence-corrected chi connectivity index (χ2v) is 6.75. The molecule has 3 aliphatic rings. The summed E-state index contributed by atoms with van der Waals surface area (Å²) in [4.78, 5) is 39.2. The molecule has 4 rings (SSSR count). The number of hydrogen-bond acceptors (Lipinski definition) is 7. The number of amides is 1. The Kier molecular flexibility index (Phi) is 4.14. The topological polar surface area (TPSA) is 117 Å². The van der Waals surface area contributed by atoms with E-state index < -0.39 is 17.3 Å². The second-order valence-electron chi connectivity index (χ2n) is 6.75. The van der Waals surface area contributed by atoms with E-state index in [2.05, 4.69) is 5.32 Å². The van der Waals surface area contributed by atoms with E-state index in [1.807, 2.05) is 0 Å². The molecule has 0 saturated carbocycles. The summed E-state index contributed by atoms with van der Waals surface area (Å²) in [5.41, 5.74) is 5.27. The number of rotatable bonds is 3. The Morgan fingerprint density at radius 1 is 1.32 bits per heavy atom. The molecular weight excluding hydrogens is 364 g/mol. The summed E-state index contributed by atoms with van der Waals surface area (Å²) >= 11 is 0. The quantitative estimate of drug-likeness (QED) is 0.761. The van der Waals surface area contributed by atoms with E-state index in [1.165, 1.54) is 7.11 Å². The highest BCUT2D eigenvalue weighted by molar-refractivity contribution is 6.22. The van der Waals surface area contributed by atoms with Gasteiger partial charge in [-0.1, -0.05) is 0 Å². The number of allylic oxidation sites excluding steroid dienone is 1. The van der Waals surface area contributed by atoms with Gasteiger partial charge in [0.1, 0.15) is 22.5 Å². The first-order chi connectivity index (χ1) is 13.4. The number of esters is 1. The minimum atomic E-state index is -1.72. The minimum Gasteiger partial charge on any atom is -0.497 e. The van der Waals surface area contributed by atoms with Crippen LogP contribution in [0.3, 0.4) is 0 Å². The van der Waals surface area contributed by atoms with Gasteiger partial charge in [0, 0.05) is 24.1 Å². The van der Waals surface area contributed by atoms with Gasteiger partial charge < -0.3 is 25.3 Å². The van der Waals surface area contributed by atoms with Crippen molar-refractivity contribution in [2.45, 2.75) is 31.6 Å². The van der Waals surface area contributed by atoms with Crippen LogP contribution < -0.4 is 15.8 Å². The van der Waals surface area contributed by atoms with E-state index in [9.17, 15) is 14.4 Å². The predicted octanol–water partition coefficient (Wildman–Crippen LogP) is 1.66. The standard InChI is InChI=1S/C20H20N2O6/c1-3-27-18(24)16-17(21)28-14-6-4-5-13(23)15(14)20(16)11-9-10(26-2)7-8-12(11)22-19(20)25/h7-9H,3-6,21H2,1-2H3,(H,22,25). The molecule has 0 bridgehead atoms. The van der Waals surface area contributed by atoms with Gasteiger partial charge in [-0.3, -0.25) is 9.59 Å². The fourth-order valence-electron chi connectivity index (χ4n) is 4.19. The summed E-state index contributed by atoms with van der Waals surface area (Å²) in [7, 11) is 1.50. The largest absolute Gasteiger partial charge is 0.497 e. The molecule has 3 N–H and O–H groups in total. The van der Waals surface area contributed by atoms with E-state index in [0.29, 0.717) is 35.6 Å². The molecule has 2 heterocycles. The molecule has 1 atom stereocenters. The number of carbonyl (C=O) groups is 3. The number of carbonyl (C=O) groups excluding carboxylic acids is 3. The molecule has 2 aliphatic heterocycles. The third-order valence-electron chi connectivity index (χ3n) is 5.29. The molecule has 1 aromatic rings. The summed E-state index contributed by atoms with van der Waals surface area (Å²) in [6.45, 7) is 1.73. The average Bonchev–Trinajstić information content (AvgIpc) is 2.93. The lowest BCUT2D eigenvalue weighted by molar-refractivity contribution is -0.141. The van der Waals surface area contributed by atoms with Crippen molar-refractivity contribution in [3.05, 3.63) is 46.6 Å². The molecule has 28 heavy (non-hydrogen) atoms. The third kappa shape index (κ3) is 2.27. The van der Waals surface area contributed by atoms with Gasteiger partial charge in [-0.15, -0.1) is 0 Å². The van der Waals surface area contributed by atoms with Crippen molar-refractivity contribution in [3.8, 4) is 5.75 Å². The van der Waals surface area contributed by atoms with Crippen LogP contribution in [0, 0.1) is 0 Å². The maximum Gasteiger partial charge on any atom is 0.341 e. The molecule has 1 aliphatic carbocycles. The van der Waals surface area contributed by atoms with E-state index in [0.717, 1.165) is 0 Å². The Labute approximate surface area is 161 Å². The lowest BCUT2D eigenvalue weighted by Crippen LogP contribution is -2.49. The average molecular weight is 384 g/mol. The van der Waals surface area contributed by atoms with Crippen LogP contribution in [0.1, 0.15) is 31.7 Å². The summed E-state index contributed by atoms with van der Waals surface area (Å²) in [5, 5.41) is 2.78. The van der Waals surface area contributed by atoms with Gasteiger partial charge in [0.05, 0.1) is 19.3 Å². The molecule has 1 aromatic carbocycles. The van der Waals surface area contributed by atoms with Crippen molar-refractivity contribution in [1.29, 1.82) is 0 Å². The first kappa shape index (κ1) is 18.1. The Balaban J connectivity index is 2.08. The highest BCUT2D eigenvalue weighted by Crippen LogP contribution is 2.54. The zero-order valence-corrected chi connectivity index (χ0v) is 15.6. The first-order valence-electron chi connectivity index (χ1n) is 9.07. The van der Waals surface area contributed by atoms with Crippen LogP contribution in [0.25, 0.3) is 0 Å². The Morgan fingerprint density at radius 3 is 2.82 bits per heavy atom. The van der Waals surface area contributed by atoms with Crippen molar-refractivity contribution in [1.82, 2.24) is 0 Å². The fraction of sp³-hybridized carbons (Fsp3) is 0.350. The molecule has 1 unspecified atom stereocenters. The third-order valence-corrected chi connectivity index (χ3v) is 5.29. The Morgan fingerprint density at radius 2 is 2.11 bits per heavy atom. The molecule has 0 aromatic heterocycles. The van der Waals surface area contributed by atoms with Crippen molar-refractivity contribution < 1.29 is 28.6 Å². The van der Waals surface area contributed by atoms with E-state index >= 15 is 0 Å². The van der Waals surface area contributed by atoms with Gasteiger partial charge in [-0.25, -0.2) is 4.79 Å². The fourth-order valence-corrected chi connectivity index (χ4v) is 4.19. The second kappa shape index (κ2) is 6.40. The van der Waals surface area contributed by atoms with Crippen LogP contribution in [-0.2, 0) is 29.3 Å². The predicted molar refractivity (Wildman–Crippen MR) is 98.1 cm³/mol. The highest BCUT2D eigenvalue weighted by atomic mass is 16.5. The van der Waals surface area contributed by atoms with Gasteiger partial charge in [0.25, 0.3) is 0 Å². The number of fused-ring (bicyclic) bond motifs is 3. The van der Waals surface area contributed by atoms with Crippen LogP contribution in [0.5, 0.6) is 5.75 Å². The lowest BCUT2D eigenvalue weighted by atomic mass is 9.64. The zero-order valence-electron chi connectivity index (χ0n) is 15.6. The Hall–Kier alpha value is -3.29. The molecule has 1 spiro atoms. The SMILES string of the molecule is CCOC(=O)C1=C(N)OC2=C(C(=O)CCC2)C12C(=O)Nc1ccc(OC)cc12. The van der Waals surface area contributed by atoms with Crippen molar-refractivity contribution in [3.63, 3.8) is 0 Å². The van der Waals surface area contributed by atoms with Crippen molar-refractivity contribution >= 4 is 23.3 Å². The van der Waals surface area contributed by atoms with E-state index in [-0.39, 0.29) is 35.8 Å². The zero-order chi connectivity index (χ0) is 20.1. The van der Waals surface area contributed by atoms with Crippen molar-refractivity contribution in [2.75, 3.05) is 19.0 Å². The smallest absolute Gasteiger partial charge is 0.341 e. The van der Waals surface area contributed by atoms with E-state index in [4.69, 9.17) is 19.9 Å². The van der Waals surface area contributed by atoms with Gasteiger partial charge >= 0.3 is 5.97 Å². The van der Waals surface area contributed by atoms with Gasteiger partial charge in [-0.2, -0.15) is 0 Å². The number of hydrogen-bond donors (Lipinski definition) is 2. The number of anilines is 1. The lowest BCUT2D eigenvalue weighted by Gasteiger charge is -2.38. The number of methoxy groups -OCH3 is 1. The first-order valence-corrected chi connectivity index (χ1v) is 9.07. The molecule has 0 saturated heterocycles. The molecule has 0 radical (unpaired) electrons. The van der Waals surface area contributed by atoms with Crippen LogP contribution in [0.2, 0.25) is 0 Å². The normalized spacial score (nSPS) is 23.2. The number of ketones is 1. The summed E-state index contributed by atoms with van der Waals surface area (Å²) in [5.74, 6) is -0.997. The maximum atomic E-state index is 13.4. The number of benzene rings is 1.